The highest BCUT2D eigenvalue weighted by atomic mass is 31.2. The Hall–Kier alpha value is -2.75. The minimum Gasteiger partial charge on any atom is -0.463 e. The van der Waals surface area contributed by atoms with E-state index in [-0.39, 0.29) is 38.7 Å². The number of ether oxygens (including phenoxy) is 2. The minimum atomic E-state index is -4.49. The van der Waals surface area contributed by atoms with Crippen LogP contribution in [-0.4, -0.2) is 61.1 Å². The van der Waals surface area contributed by atoms with Crippen LogP contribution >= 0.6 is 7.82 Å². The Morgan fingerprint density at radius 2 is 1.36 bits per heavy atom. The highest BCUT2D eigenvalue weighted by molar-refractivity contribution is 7.47. The van der Waals surface area contributed by atoms with Crippen molar-refractivity contribution in [1.29, 1.82) is 0 Å². The second kappa shape index (κ2) is 20.4. The van der Waals surface area contributed by atoms with Crippen molar-refractivity contribution in [2.24, 2.45) is 0 Å². The number of nitrogens with one attached hydrogen (secondary N) is 1. The van der Waals surface area contributed by atoms with Crippen molar-refractivity contribution in [2.75, 3.05) is 33.0 Å². The van der Waals surface area contributed by atoms with Crippen molar-refractivity contribution in [1.82, 2.24) is 5.32 Å². The molecule has 0 radical (unpaired) electrons. The molecule has 3 N–H and O–H groups in total. The predicted octanol–water partition coefficient (Wildman–Crippen LogP) is 7.26. The number of hydrogen-bond donors (Lipinski definition) is 3. The van der Waals surface area contributed by atoms with Gasteiger partial charge in [0, 0.05) is 18.9 Å². The van der Waals surface area contributed by atoms with E-state index in [9.17, 15) is 24.2 Å². The maximum atomic E-state index is 12.2. The van der Waals surface area contributed by atoms with Crippen LogP contribution in [0.5, 0.6) is 0 Å². The molecule has 2 unspecified atom stereocenters. The van der Waals surface area contributed by atoms with Gasteiger partial charge in [-0.2, -0.15) is 0 Å². The van der Waals surface area contributed by atoms with E-state index >= 15 is 0 Å². The number of rotatable bonds is 23. The molecule has 2 aromatic carbocycles. The Bertz CT molecular complexity index is 1180. The second-order valence-electron chi connectivity index (χ2n) is 11.5. The van der Waals surface area contributed by atoms with Crippen LogP contribution in [0.2, 0.25) is 0 Å². The van der Waals surface area contributed by atoms with Gasteiger partial charge in [0.15, 0.2) is 0 Å². The van der Waals surface area contributed by atoms with E-state index in [0.29, 0.717) is 0 Å². The largest absolute Gasteiger partial charge is 0.472 e. The predicted molar refractivity (Wildman–Crippen MR) is 173 cm³/mol. The van der Waals surface area contributed by atoms with Gasteiger partial charge in [0.2, 0.25) is 0 Å². The first kappa shape index (κ1) is 36.7. The van der Waals surface area contributed by atoms with Crippen LogP contribution < -0.4 is 5.32 Å². The summed E-state index contributed by atoms with van der Waals surface area (Å²) in [4.78, 5) is 34.0. The van der Waals surface area contributed by atoms with E-state index in [1.54, 1.807) is 0 Å². The number of aliphatic hydroxyl groups is 1. The average molecular weight is 648 g/mol. The van der Waals surface area contributed by atoms with Gasteiger partial charge in [0.05, 0.1) is 13.2 Å². The van der Waals surface area contributed by atoms with Crippen LogP contribution in [0, 0.1) is 0 Å². The number of hydrogen-bond acceptors (Lipinski definition) is 8. The third-order valence-corrected chi connectivity index (χ3v) is 8.80. The van der Waals surface area contributed by atoms with Gasteiger partial charge in [-0.15, -0.1) is 0 Å². The Kier molecular flexibility index (Phi) is 16.6. The van der Waals surface area contributed by atoms with Crippen LogP contribution in [0.3, 0.4) is 0 Å². The molecule has 0 saturated heterocycles. The molecule has 1 amide bonds. The van der Waals surface area contributed by atoms with E-state index in [0.717, 1.165) is 41.5 Å². The molecule has 11 heteroatoms. The molecule has 2 atom stereocenters. The number of phosphoric acid groups is 1. The zero-order valence-electron chi connectivity index (χ0n) is 26.5. The van der Waals surface area contributed by atoms with Gasteiger partial charge in [-0.1, -0.05) is 120 Å². The van der Waals surface area contributed by atoms with Crippen LogP contribution in [-0.2, 0) is 27.9 Å². The van der Waals surface area contributed by atoms with Crippen molar-refractivity contribution in [3.05, 3.63) is 59.7 Å². The summed E-state index contributed by atoms with van der Waals surface area (Å²) in [6.07, 6.45) is 11.3. The van der Waals surface area contributed by atoms with Crippen molar-refractivity contribution in [2.45, 2.75) is 96.0 Å². The number of esters is 1. The molecule has 45 heavy (non-hydrogen) atoms. The number of phosphoric ester groups is 1. The lowest BCUT2D eigenvalue weighted by Crippen LogP contribution is -2.29. The molecular weight excluding hydrogens is 597 g/mol. The monoisotopic (exact) mass is 647 g/mol. The number of unbranched alkanes of at least 4 members (excludes halogenated alkanes) is 10. The van der Waals surface area contributed by atoms with Gasteiger partial charge in [-0.25, -0.2) is 9.36 Å². The number of carbonyl (C=O) groups excluding carboxylic acids is 2. The molecule has 10 nitrogen and oxygen atoms in total. The number of fused-ring (bicyclic) bond motifs is 3. The minimum absolute atomic E-state index is 0.0827. The number of benzene rings is 2. The molecule has 0 spiro atoms. The van der Waals surface area contributed by atoms with Gasteiger partial charge >= 0.3 is 19.9 Å². The maximum Gasteiger partial charge on any atom is 0.472 e. The Labute approximate surface area is 267 Å². The molecule has 0 bridgehead atoms. The van der Waals surface area contributed by atoms with Crippen LogP contribution in [0.1, 0.15) is 101 Å². The summed E-state index contributed by atoms with van der Waals surface area (Å²) in [6.45, 7) is 1.05. The summed E-state index contributed by atoms with van der Waals surface area (Å²) in [7, 11) is -4.49. The van der Waals surface area contributed by atoms with Crippen LogP contribution in [0.4, 0.5) is 4.79 Å². The van der Waals surface area contributed by atoms with Crippen molar-refractivity contribution in [3.8, 4) is 11.1 Å². The van der Waals surface area contributed by atoms with E-state index in [1.807, 2.05) is 48.5 Å². The van der Waals surface area contributed by atoms with Crippen LogP contribution in [0.25, 0.3) is 11.1 Å². The van der Waals surface area contributed by atoms with Gasteiger partial charge in [-0.05, 0) is 28.7 Å². The Morgan fingerprint density at radius 1 is 0.800 bits per heavy atom. The molecule has 3 rings (SSSR count). The van der Waals surface area contributed by atoms with Crippen molar-refractivity contribution >= 4 is 19.9 Å². The number of carbonyl (C=O) groups is 2. The smallest absolute Gasteiger partial charge is 0.463 e. The van der Waals surface area contributed by atoms with Gasteiger partial charge in [0.25, 0.3) is 0 Å². The highest BCUT2D eigenvalue weighted by Crippen LogP contribution is 2.44. The number of alkyl carbamates (subject to hydrolysis) is 1. The molecule has 1 aliphatic rings. The Morgan fingerprint density at radius 3 is 1.96 bits per heavy atom. The van der Waals surface area contributed by atoms with E-state index in [1.165, 1.54) is 51.4 Å². The first-order valence-corrected chi connectivity index (χ1v) is 17.8. The summed E-state index contributed by atoms with van der Waals surface area (Å²) in [5, 5.41) is 12.5. The Balaban J connectivity index is 1.19. The van der Waals surface area contributed by atoms with Crippen molar-refractivity contribution in [3.63, 3.8) is 0 Å². The fourth-order valence-corrected chi connectivity index (χ4v) is 6.18. The number of amides is 1. The van der Waals surface area contributed by atoms with Gasteiger partial charge in [-0.3, -0.25) is 13.8 Å². The lowest BCUT2D eigenvalue weighted by molar-refractivity contribution is -0.147. The first-order valence-electron chi connectivity index (χ1n) is 16.3. The molecule has 0 aliphatic heterocycles. The lowest BCUT2D eigenvalue weighted by Gasteiger charge is -2.16. The fourth-order valence-electron chi connectivity index (χ4n) is 5.42. The molecule has 1 aliphatic carbocycles. The summed E-state index contributed by atoms with van der Waals surface area (Å²) in [6, 6.07) is 16.0. The standard InChI is InChI=1S/C34H50NO9P/c1-2-3-4-5-6-7-8-9-10-11-12-21-33(37)41-24-27(36)25-44-45(39,40)43-23-22-35-34(38)42-26-32-30-19-15-13-17-28(30)29-18-14-16-20-31(29)32/h13-20,27,32,36H,2-12,21-26H2,1H3,(H,35,38)(H,39,40). The molecule has 0 fully saturated rings. The number of aliphatic hydroxyl groups excluding tert-OH is 1. The van der Waals surface area contributed by atoms with E-state index in [2.05, 4.69) is 12.2 Å². The quantitative estimate of drug-likeness (QED) is 0.0645. The SMILES string of the molecule is CCCCCCCCCCCCCC(=O)OCC(O)COP(=O)(O)OCCNC(=O)OCC1c2ccccc2-c2ccccc21. The molecule has 2 aromatic rings. The second-order valence-corrected chi connectivity index (χ2v) is 12.9. The fraction of sp³-hybridized carbons (Fsp3) is 0.588. The van der Waals surface area contributed by atoms with E-state index in [4.69, 9.17) is 18.5 Å². The zero-order valence-corrected chi connectivity index (χ0v) is 27.4. The summed E-state index contributed by atoms with van der Waals surface area (Å²) in [5.41, 5.74) is 4.43. The normalized spacial score (nSPS) is 14.3. The van der Waals surface area contributed by atoms with Crippen LogP contribution in [0.15, 0.2) is 48.5 Å². The summed E-state index contributed by atoms with van der Waals surface area (Å²) >= 11 is 0. The molecule has 0 heterocycles. The van der Waals surface area contributed by atoms with Gasteiger partial charge in [0.1, 0.15) is 19.3 Å². The van der Waals surface area contributed by atoms with Crippen molar-refractivity contribution < 1.29 is 42.7 Å². The summed E-state index contributed by atoms with van der Waals surface area (Å²) in [5.74, 6) is -0.506. The average Bonchev–Trinajstić information content (AvgIpc) is 3.36. The topological polar surface area (TPSA) is 141 Å². The third-order valence-electron chi connectivity index (χ3n) is 7.82. The highest BCUT2D eigenvalue weighted by Gasteiger charge is 2.29. The molecule has 0 aromatic heterocycles. The lowest BCUT2D eigenvalue weighted by atomic mass is 9.98. The zero-order chi connectivity index (χ0) is 32.3. The maximum absolute atomic E-state index is 12.2. The third kappa shape index (κ3) is 13.6. The van der Waals surface area contributed by atoms with E-state index < -0.39 is 32.6 Å². The van der Waals surface area contributed by atoms with Gasteiger partial charge < -0.3 is 24.8 Å². The molecule has 0 saturated carbocycles. The first-order chi connectivity index (χ1) is 21.8. The molecular formula is C34H50NO9P. The summed E-state index contributed by atoms with van der Waals surface area (Å²) < 4.78 is 32.2. The molecule has 250 valence electrons.